The summed E-state index contributed by atoms with van der Waals surface area (Å²) >= 11 is 0. The van der Waals surface area contributed by atoms with Crippen molar-refractivity contribution in [2.45, 2.75) is 50.5 Å². The van der Waals surface area contributed by atoms with Gasteiger partial charge in [0.15, 0.2) is 0 Å². The summed E-state index contributed by atoms with van der Waals surface area (Å²) in [4.78, 5) is 11.1. The van der Waals surface area contributed by atoms with E-state index in [0.29, 0.717) is 19.3 Å². The van der Waals surface area contributed by atoms with Gasteiger partial charge in [-0.05, 0) is 32.1 Å². The quantitative estimate of drug-likeness (QED) is 0.857. The number of carbonyl (C=O) groups is 1. The third-order valence-corrected chi connectivity index (χ3v) is 6.14. The van der Waals surface area contributed by atoms with E-state index in [-0.39, 0.29) is 25.8 Å². The van der Waals surface area contributed by atoms with E-state index in [9.17, 15) is 22.0 Å². The molecule has 1 heterocycles. The number of halogens is 2. The Morgan fingerprint density at radius 2 is 1.95 bits per heavy atom. The van der Waals surface area contributed by atoms with Crippen molar-refractivity contribution >= 4 is 16.0 Å². The highest BCUT2D eigenvalue weighted by molar-refractivity contribution is 7.89. The van der Waals surface area contributed by atoms with Crippen molar-refractivity contribution in [1.29, 1.82) is 0 Å². The van der Waals surface area contributed by atoms with E-state index in [4.69, 9.17) is 5.11 Å². The lowest BCUT2D eigenvalue weighted by Gasteiger charge is -2.33. The van der Waals surface area contributed by atoms with Crippen molar-refractivity contribution in [1.82, 2.24) is 4.31 Å². The molecule has 1 saturated carbocycles. The van der Waals surface area contributed by atoms with Gasteiger partial charge in [0.25, 0.3) is 5.92 Å². The fraction of sp³-hybridized carbons (Fsp3) is 0.917. The lowest BCUT2D eigenvalue weighted by Crippen LogP contribution is -2.50. The molecule has 1 saturated heterocycles. The molecule has 1 N–H and O–H groups in total. The topological polar surface area (TPSA) is 74.7 Å². The Morgan fingerprint density at radius 3 is 2.50 bits per heavy atom. The van der Waals surface area contributed by atoms with Crippen LogP contribution in [0, 0.1) is 5.92 Å². The maximum Gasteiger partial charge on any atom is 0.322 e. The highest BCUT2D eigenvalue weighted by Gasteiger charge is 2.48. The molecule has 1 aliphatic heterocycles. The molecule has 0 radical (unpaired) electrons. The number of piperidine rings is 1. The summed E-state index contributed by atoms with van der Waals surface area (Å²) in [5.41, 5.74) is 0. The van der Waals surface area contributed by atoms with Crippen LogP contribution in [0.3, 0.4) is 0 Å². The lowest BCUT2D eigenvalue weighted by molar-refractivity contribution is -0.142. The standard InChI is InChI=1S/C12H19F2NO4S/c13-12(14)6-3-4-9(12)8-20(18,19)15-7-2-1-5-10(15)11(16)17/h9-10H,1-8H2,(H,16,17). The summed E-state index contributed by atoms with van der Waals surface area (Å²) in [7, 11) is -3.96. The van der Waals surface area contributed by atoms with E-state index in [1.807, 2.05) is 0 Å². The molecule has 0 aromatic rings. The van der Waals surface area contributed by atoms with Crippen molar-refractivity contribution in [3.05, 3.63) is 0 Å². The van der Waals surface area contributed by atoms with Crippen LogP contribution < -0.4 is 0 Å². The maximum atomic E-state index is 13.6. The molecule has 2 atom stereocenters. The molecule has 8 heteroatoms. The number of carboxylic acid groups (broad SMARTS) is 1. The SMILES string of the molecule is O=C(O)C1CCCCN1S(=O)(=O)CC1CCCC1(F)F. The zero-order valence-corrected chi connectivity index (χ0v) is 11.9. The van der Waals surface area contributed by atoms with Gasteiger partial charge in [0, 0.05) is 18.9 Å². The van der Waals surface area contributed by atoms with Crippen LogP contribution in [0.1, 0.15) is 38.5 Å². The Bertz CT molecular complexity index is 480. The average Bonchev–Trinajstić information content (AvgIpc) is 2.68. The van der Waals surface area contributed by atoms with Gasteiger partial charge in [-0.2, -0.15) is 4.31 Å². The fourth-order valence-corrected chi connectivity index (χ4v) is 5.14. The Hall–Kier alpha value is -0.760. The van der Waals surface area contributed by atoms with E-state index in [1.54, 1.807) is 0 Å². The minimum atomic E-state index is -3.96. The number of hydrogen-bond donors (Lipinski definition) is 1. The largest absolute Gasteiger partial charge is 0.480 e. The Balaban J connectivity index is 2.14. The smallest absolute Gasteiger partial charge is 0.322 e. The van der Waals surface area contributed by atoms with Gasteiger partial charge in [-0.3, -0.25) is 4.79 Å². The molecule has 0 amide bonds. The third-order valence-electron chi connectivity index (χ3n) is 4.17. The van der Waals surface area contributed by atoms with E-state index in [0.717, 1.165) is 4.31 Å². The van der Waals surface area contributed by atoms with Crippen LogP contribution in [0.15, 0.2) is 0 Å². The van der Waals surface area contributed by atoms with Gasteiger partial charge >= 0.3 is 5.97 Å². The average molecular weight is 311 g/mol. The maximum absolute atomic E-state index is 13.6. The summed E-state index contributed by atoms with van der Waals surface area (Å²) in [6.07, 6.45) is 1.67. The van der Waals surface area contributed by atoms with Gasteiger partial charge < -0.3 is 5.11 Å². The second-order valence-electron chi connectivity index (χ2n) is 5.59. The van der Waals surface area contributed by atoms with E-state index in [2.05, 4.69) is 0 Å². The number of aliphatic carboxylic acids is 1. The molecule has 2 rings (SSSR count). The monoisotopic (exact) mass is 311 g/mol. The van der Waals surface area contributed by atoms with Crippen LogP contribution in [0.25, 0.3) is 0 Å². The van der Waals surface area contributed by atoms with E-state index >= 15 is 0 Å². The molecular weight excluding hydrogens is 292 g/mol. The molecule has 116 valence electrons. The molecule has 0 aromatic heterocycles. The summed E-state index contributed by atoms with van der Waals surface area (Å²) in [5.74, 6) is -6.00. The zero-order valence-electron chi connectivity index (χ0n) is 11.1. The van der Waals surface area contributed by atoms with Crippen molar-refractivity contribution in [3.63, 3.8) is 0 Å². The normalized spacial score (nSPS) is 31.3. The first kappa shape index (κ1) is 15.6. The molecule has 1 aliphatic carbocycles. The molecule has 2 unspecified atom stereocenters. The van der Waals surface area contributed by atoms with Crippen LogP contribution in [-0.2, 0) is 14.8 Å². The van der Waals surface area contributed by atoms with Crippen molar-refractivity contribution in [3.8, 4) is 0 Å². The first-order valence-corrected chi connectivity index (χ1v) is 8.45. The van der Waals surface area contributed by atoms with Crippen molar-refractivity contribution < 1.29 is 27.1 Å². The van der Waals surface area contributed by atoms with Gasteiger partial charge in [-0.15, -0.1) is 0 Å². The minimum absolute atomic E-state index is 0.109. The van der Waals surface area contributed by atoms with Gasteiger partial charge in [0.2, 0.25) is 10.0 Å². The van der Waals surface area contributed by atoms with Crippen LogP contribution in [0.5, 0.6) is 0 Å². The van der Waals surface area contributed by atoms with E-state index in [1.165, 1.54) is 0 Å². The number of alkyl halides is 2. The highest BCUT2D eigenvalue weighted by atomic mass is 32.2. The van der Waals surface area contributed by atoms with Gasteiger partial charge in [-0.25, -0.2) is 17.2 Å². The summed E-state index contributed by atoms with van der Waals surface area (Å²) in [5, 5.41) is 9.08. The van der Waals surface area contributed by atoms with Crippen LogP contribution in [0.2, 0.25) is 0 Å². The first-order valence-electron chi connectivity index (χ1n) is 6.84. The second kappa shape index (κ2) is 5.55. The number of rotatable bonds is 4. The molecular formula is C12H19F2NO4S. The molecule has 0 spiro atoms. The number of sulfonamides is 1. The molecule has 20 heavy (non-hydrogen) atoms. The predicted molar refractivity (Wildman–Crippen MR) is 68.1 cm³/mol. The Labute approximate surface area is 117 Å². The molecule has 2 fully saturated rings. The van der Waals surface area contributed by atoms with Crippen LogP contribution >= 0.6 is 0 Å². The Kier molecular flexibility index (Phi) is 4.34. The van der Waals surface area contributed by atoms with Gasteiger partial charge in [-0.1, -0.05) is 0 Å². The minimum Gasteiger partial charge on any atom is -0.480 e. The first-order chi connectivity index (χ1) is 9.24. The fourth-order valence-electron chi connectivity index (χ4n) is 3.04. The van der Waals surface area contributed by atoms with Gasteiger partial charge in [0.05, 0.1) is 5.75 Å². The molecule has 2 aliphatic rings. The summed E-state index contributed by atoms with van der Waals surface area (Å²) in [6, 6.07) is -1.11. The zero-order chi connectivity index (χ0) is 15.0. The molecule has 0 aromatic carbocycles. The Morgan fingerprint density at radius 1 is 1.25 bits per heavy atom. The number of carboxylic acids is 1. The second-order valence-corrected chi connectivity index (χ2v) is 7.56. The van der Waals surface area contributed by atoms with E-state index < -0.39 is 39.6 Å². The summed E-state index contributed by atoms with van der Waals surface area (Å²) in [6.45, 7) is 0.109. The molecule has 5 nitrogen and oxygen atoms in total. The highest BCUT2D eigenvalue weighted by Crippen LogP contribution is 2.41. The van der Waals surface area contributed by atoms with Crippen LogP contribution in [0.4, 0.5) is 8.78 Å². The van der Waals surface area contributed by atoms with Crippen molar-refractivity contribution in [2.24, 2.45) is 5.92 Å². The van der Waals surface area contributed by atoms with Crippen molar-refractivity contribution in [2.75, 3.05) is 12.3 Å². The predicted octanol–water partition coefficient (Wildman–Crippen LogP) is 1.69. The summed E-state index contributed by atoms with van der Waals surface area (Å²) < 4.78 is 52.6. The number of hydrogen-bond acceptors (Lipinski definition) is 3. The molecule has 0 bridgehead atoms. The van der Waals surface area contributed by atoms with Gasteiger partial charge in [0.1, 0.15) is 6.04 Å². The lowest BCUT2D eigenvalue weighted by atomic mass is 10.1. The number of nitrogens with zero attached hydrogens (tertiary/aromatic N) is 1. The third kappa shape index (κ3) is 3.11. The van der Waals surface area contributed by atoms with Crippen LogP contribution in [-0.4, -0.2) is 48.1 Å².